The number of benzene rings is 7. The first kappa shape index (κ1) is 32.0. The molecule has 7 aromatic carbocycles. The Morgan fingerprint density at radius 3 is 1.19 bits per heavy atom. The van der Waals surface area contributed by atoms with Gasteiger partial charge in [0.25, 0.3) is 0 Å². The predicted molar refractivity (Wildman–Crippen MR) is 218 cm³/mol. The molecule has 0 saturated carbocycles. The molecule has 0 bridgehead atoms. The lowest BCUT2D eigenvalue weighted by molar-refractivity contribution is 1.07. The standard InChI is InChI=1S/C46H28N6S2/c47-29-32-27-33(46-49-44(30-15-3-1-4-16-30)48-45(50-46)31-17-5-2-6-18-31)39(52-36-21-9-13-25-42(36)54-43-26-14-10-22-37(43)52)28-38(32)51-34-19-7-11-23-40(34)53-41-24-12-8-20-35(41)51/h1-28H. The molecule has 0 aliphatic carbocycles. The van der Waals surface area contributed by atoms with Gasteiger partial charge in [-0.2, -0.15) is 5.26 Å². The summed E-state index contributed by atoms with van der Waals surface area (Å²) in [6.45, 7) is 0. The van der Waals surface area contributed by atoms with Crippen LogP contribution < -0.4 is 9.80 Å². The Labute approximate surface area is 321 Å². The Kier molecular flexibility index (Phi) is 7.94. The van der Waals surface area contributed by atoms with Gasteiger partial charge in [0.1, 0.15) is 6.07 Å². The fourth-order valence-corrected chi connectivity index (χ4v) is 9.19. The molecule has 0 N–H and O–H groups in total. The fourth-order valence-electron chi connectivity index (χ4n) is 7.07. The first-order valence-electron chi connectivity index (χ1n) is 17.5. The number of aromatic nitrogens is 3. The Morgan fingerprint density at radius 1 is 0.389 bits per heavy atom. The van der Waals surface area contributed by atoms with Crippen LogP contribution in [-0.2, 0) is 0 Å². The van der Waals surface area contributed by atoms with Crippen molar-refractivity contribution in [2.75, 3.05) is 9.80 Å². The van der Waals surface area contributed by atoms with E-state index in [2.05, 4.69) is 119 Å². The second-order valence-corrected chi connectivity index (χ2v) is 14.9. The van der Waals surface area contributed by atoms with Crippen molar-refractivity contribution in [3.8, 4) is 40.2 Å². The number of nitrogens with zero attached hydrogens (tertiary/aromatic N) is 6. The lowest BCUT2D eigenvalue weighted by Crippen LogP contribution is -2.19. The number of hydrogen-bond acceptors (Lipinski definition) is 8. The van der Waals surface area contributed by atoms with Crippen LogP contribution in [0.1, 0.15) is 5.56 Å². The van der Waals surface area contributed by atoms with Crippen LogP contribution in [0.25, 0.3) is 34.2 Å². The molecule has 54 heavy (non-hydrogen) atoms. The Hall–Kier alpha value is -6.66. The quantitative estimate of drug-likeness (QED) is 0.173. The van der Waals surface area contributed by atoms with Crippen LogP contribution in [-0.4, -0.2) is 15.0 Å². The molecule has 254 valence electrons. The van der Waals surface area contributed by atoms with Crippen LogP contribution >= 0.6 is 23.5 Å². The lowest BCUT2D eigenvalue weighted by Gasteiger charge is -2.37. The topological polar surface area (TPSA) is 68.9 Å². The smallest absolute Gasteiger partial charge is 0.166 e. The first-order chi connectivity index (χ1) is 26.7. The molecule has 2 aliphatic heterocycles. The van der Waals surface area contributed by atoms with Crippen LogP contribution in [0, 0.1) is 11.3 Å². The van der Waals surface area contributed by atoms with E-state index >= 15 is 0 Å². The van der Waals surface area contributed by atoms with Crippen molar-refractivity contribution < 1.29 is 0 Å². The van der Waals surface area contributed by atoms with Crippen molar-refractivity contribution in [1.29, 1.82) is 5.26 Å². The molecule has 2 aliphatic rings. The molecule has 3 heterocycles. The highest BCUT2D eigenvalue weighted by Crippen LogP contribution is 2.56. The maximum Gasteiger partial charge on any atom is 0.166 e. The Morgan fingerprint density at radius 2 is 0.759 bits per heavy atom. The van der Waals surface area contributed by atoms with E-state index in [1.807, 2.05) is 66.7 Å². The van der Waals surface area contributed by atoms with Crippen molar-refractivity contribution in [1.82, 2.24) is 15.0 Å². The minimum absolute atomic E-state index is 0.476. The Bertz CT molecular complexity index is 2620. The molecule has 8 aromatic rings. The van der Waals surface area contributed by atoms with E-state index in [4.69, 9.17) is 15.0 Å². The normalized spacial score (nSPS) is 12.6. The molecule has 8 heteroatoms. The summed E-state index contributed by atoms with van der Waals surface area (Å²) < 4.78 is 0. The molecule has 0 spiro atoms. The third-order valence-electron chi connectivity index (χ3n) is 9.52. The van der Waals surface area contributed by atoms with Gasteiger partial charge in [0.05, 0.1) is 39.7 Å². The monoisotopic (exact) mass is 728 g/mol. The first-order valence-corrected chi connectivity index (χ1v) is 19.1. The molecular formula is C46H28N6S2. The van der Waals surface area contributed by atoms with E-state index in [9.17, 15) is 5.26 Å². The molecule has 0 unspecified atom stereocenters. The summed E-state index contributed by atoms with van der Waals surface area (Å²) in [6.07, 6.45) is 0. The van der Waals surface area contributed by atoms with E-state index in [0.717, 1.165) is 70.4 Å². The molecule has 10 rings (SSSR count). The van der Waals surface area contributed by atoms with Crippen molar-refractivity contribution >= 4 is 57.6 Å². The summed E-state index contributed by atoms with van der Waals surface area (Å²) in [4.78, 5) is 24.3. The number of rotatable bonds is 5. The number of hydrogen-bond donors (Lipinski definition) is 0. The summed E-state index contributed by atoms with van der Waals surface area (Å²) in [5.41, 5.74) is 8.70. The van der Waals surface area contributed by atoms with Gasteiger partial charge in [-0.1, -0.05) is 133 Å². The van der Waals surface area contributed by atoms with E-state index < -0.39 is 0 Å². The van der Waals surface area contributed by atoms with Gasteiger partial charge in [-0.05, 0) is 60.7 Å². The Balaban J connectivity index is 1.30. The molecular weight excluding hydrogens is 701 g/mol. The van der Waals surface area contributed by atoms with Crippen LogP contribution in [0.5, 0.6) is 0 Å². The van der Waals surface area contributed by atoms with Crippen molar-refractivity contribution in [2.24, 2.45) is 0 Å². The average Bonchev–Trinajstić information content (AvgIpc) is 3.24. The maximum atomic E-state index is 11.0. The third-order valence-corrected chi connectivity index (χ3v) is 11.8. The molecule has 0 fully saturated rings. The molecule has 0 radical (unpaired) electrons. The maximum absolute atomic E-state index is 11.0. The summed E-state index contributed by atoms with van der Waals surface area (Å²) >= 11 is 3.50. The second-order valence-electron chi connectivity index (χ2n) is 12.8. The second kappa shape index (κ2) is 13.4. The zero-order valence-corrected chi connectivity index (χ0v) is 30.3. The highest BCUT2D eigenvalue weighted by Gasteiger charge is 2.32. The number of nitriles is 1. The average molecular weight is 729 g/mol. The van der Waals surface area contributed by atoms with E-state index in [-0.39, 0.29) is 0 Å². The van der Waals surface area contributed by atoms with E-state index in [1.165, 1.54) is 0 Å². The van der Waals surface area contributed by atoms with Gasteiger partial charge in [-0.3, -0.25) is 0 Å². The fraction of sp³-hybridized carbons (Fsp3) is 0. The molecule has 1 aromatic heterocycles. The van der Waals surface area contributed by atoms with Crippen molar-refractivity contribution in [3.63, 3.8) is 0 Å². The van der Waals surface area contributed by atoms with Crippen LogP contribution in [0.2, 0.25) is 0 Å². The van der Waals surface area contributed by atoms with Crippen molar-refractivity contribution in [2.45, 2.75) is 19.6 Å². The SMILES string of the molecule is N#Cc1cc(-c2nc(-c3ccccc3)nc(-c3ccccc3)n2)c(N2c3ccccc3Sc3ccccc32)cc1N1c2ccccc2Sc2ccccc21. The van der Waals surface area contributed by atoms with Gasteiger partial charge in [0, 0.05) is 36.3 Å². The number of para-hydroxylation sites is 4. The minimum Gasteiger partial charge on any atom is -0.307 e. The third kappa shape index (κ3) is 5.50. The van der Waals surface area contributed by atoms with E-state index in [1.54, 1.807) is 23.5 Å². The molecule has 0 saturated heterocycles. The highest BCUT2D eigenvalue weighted by atomic mass is 32.2. The molecule has 6 nitrogen and oxygen atoms in total. The van der Waals surface area contributed by atoms with Gasteiger partial charge in [0.2, 0.25) is 0 Å². The van der Waals surface area contributed by atoms with Gasteiger partial charge >= 0.3 is 0 Å². The summed E-state index contributed by atoms with van der Waals surface area (Å²) in [7, 11) is 0. The van der Waals surface area contributed by atoms with Gasteiger partial charge in [-0.25, -0.2) is 15.0 Å². The lowest BCUT2D eigenvalue weighted by atomic mass is 10.0. The number of anilines is 6. The van der Waals surface area contributed by atoms with Crippen LogP contribution in [0.15, 0.2) is 189 Å². The van der Waals surface area contributed by atoms with Crippen molar-refractivity contribution in [3.05, 3.63) is 175 Å². The van der Waals surface area contributed by atoms with Crippen LogP contribution in [0.4, 0.5) is 34.1 Å². The van der Waals surface area contributed by atoms with Gasteiger partial charge in [-0.15, -0.1) is 0 Å². The summed E-state index contributed by atoms with van der Waals surface area (Å²) in [6, 6.07) is 60.3. The minimum atomic E-state index is 0.476. The van der Waals surface area contributed by atoms with Gasteiger partial charge < -0.3 is 9.80 Å². The zero-order chi connectivity index (χ0) is 36.0. The summed E-state index contributed by atoms with van der Waals surface area (Å²) in [5.74, 6) is 1.58. The molecule has 0 amide bonds. The van der Waals surface area contributed by atoms with Crippen LogP contribution in [0.3, 0.4) is 0 Å². The number of fused-ring (bicyclic) bond motifs is 4. The predicted octanol–water partition coefficient (Wildman–Crippen LogP) is 12.6. The largest absolute Gasteiger partial charge is 0.307 e. The summed E-state index contributed by atoms with van der Waals surface area (Å²) in [5, 5.41) is 11.0. The molecule has 0 atom stereocenters. The zero-order valence-electron chi connectivity index (χ0n) is 28.7. The highest BCUT2D eigenvalue weighted by molar-refractivity contribution is 8.00. The van der Waals surface area contributed by atoms with E-state index in [0.29, 0.717) is 23.0 Å². The van der Waals surface area contributed by atoms with Gasteiger partial charge in [0.15, 0.2) is 17.5 Å².